The lowest BCUT2D eigenvalue weighted by Crippen LogP contribution is -2.51. The van der Waals surface area contributed by atoms with E-state index in [1.165, 1.54) is 12.1 Å². The van der Waals surface area contributed by atoms with Crippen LogP contribution in [0, 0.1) is 18.7 Å². The molecule has 0 aliphatic carbocycles. The van der Waals surface area contributed by atoms with Gasteiger partial charge in [-0.05, 0) is 79.6 Å². The number of aryl methyl sites for hydroxylation is 1. The van der Waals surface area contributed by atoms with Gasteiger partial charge in [0, 0.05) is 54.7 Å². The van der Waals surface area contributed by atoms with Crippen LogP contribution in [0.1, 0.15) is 39.1 Å². The minimum atomic E-state index is -0.323. The molecule has 0 saturated carbocycles. The number of halogens is 1. The maximum absolute atomic E-state index is 13.1. The molecule has 212 valence electrons. The molecule has 4 aromatic rings. The van der Waals surface area contributed by atoms with Gasteiger partial charge in [-0.2, -0.15) is 5.10 Å². The van der Waals surface area contributed by atoms with Crippen LogP contribution < -0.4 is 4.74 Å². The molecule has 1 atom stereocenters. The fraction of sp³-hybridized carbons (Fsp3) is 0.344. The van der Waals surface area contributed by atoms with Crippen molar-refractivity contribution in [3.8, 4) is 11.5 Å². The summed E-state index contributed by atoms with van der Waals surface area (Å²) in [7, 11) is 0. The number of fused-ring (bicyclic) bond motifs is 1. The summed E-state index contributed by atoms with van der Waals surface area (Å²) in [5.41, 5.74) is 3.12. The van der Waals surface area contributed by atoms with Crippen LogP contribution in [-0.2, 0) is 16.0 Å². The van der Waals surface area contributed by atoms with E-state index in [1.807, 2.05) is 34.8 Å². The van der Waals surface area contributed by atoms with Gasteiger partial charge in [-0.1, -0.05) is 0 Å². The molecule has 2 aliphatic heterocycles. The molecule has 0 bridgehead atoms. The summed E-state index contributed by atoms with van der Waals surface area (Å²) >= 11 is 0. The van der Waals surface area contributed by atoms with Gasteiger partial charge in [0.2, 0.25) is 0 Å². The van der Waals surface area contributed by atoms with E-state index in [2.05, 4.69) is 0 Å². The lowest BCUT2D eigenvalue weighted by Gasteiger charge is -2.39. The van der Waals surface area contributed by atoms with Gasteiger partial charge < -0.3 is 19.1 Å². The van der Waals surface area contributed by atoms with Crippen molar-refractivity contribution in [3.63, 3.8) is 0 Å². The van der Waals surface area contributed by atoms with Crippen LogP contribution in [0.4, 0.5) is 4.39 Å². The Morgan fingerprint density at radius 3 is 2.44 bits per heavy atom. The predicted molar refractivity (Wildman–Crippen MR) is 151 cm³/mol. The molecule has 41 heavy (non-hydrogen) atoms. The molecule has 0 radical (unpaired) electrons. The minimum Gasteiger partial charge on any atom is -0.457 e. The summed E-state index contributed by atoms with van der Waals surface area (Å²) < 4.78 is 31.8. The van der Waals surface area contributed by atoms with Crippen molar-refractivity contribution in [2.24, 2.45) is 5.92 Å². The summed E-state index contributed by atoms with van der Waals surface area (Å²) in [6.07, 6.45) is 3.06. The number of carbonyl (C=O) groups excluding carboxylic acids is 2. The highest BCUT2D eigenvalue weighted by atomic mass is 19.1. The Morgan fingerprint density at radius 2 is 1.73 bits per heavy atom. The Morgan fingerprint density at radius 1 is 1.00 bits per heavy atom. The van der Waals surface area contributed by atoms with Crippen LogP contribution in [0.15, 0.2) is 66.9 Å². The summed E-state index contributed by atoms with van der Waals surface area (Å²) in [5, 5.41) is 5.70. The number of hydrogen-bond acceptors (Lipinski definition) is 6. The van der Waals surface area contributed by atoms with Crippen LogP contribution in [0.5, 0.6) is 11.5 Å². The maximum Gasteiger partial charge on any atom is 0.253 e. The van der Waals surface area contributed by atoms with Gasteiger partial charge in [0.1, 0.15) is 17.3 Å². The molecule has 2 aliphatic rings. The summed E-state index contributed by atoms with van der Waals surface area (Å²) in [5.74, 6) is 1.16. The Labute approximate surface area is 237 Å². The van der Waals surface area contributed by atoms with E-state index in [0.717, 1.165) is 22.0 Å². The molecule has 8 nitrogen and oxygen atoms in total. The lowest BCUT2D eigenvalue weighted by molar-refractivity contribution is -0.0902. The molecule has 6 rings (SSSR count). The van der Waals surface area contributed by atoms with Crippen LogP contribution >= 0.6 is 0 Å². The topological polar surface area (TPSA) is 82.9 Å². The van der Waals surface area contributed by atoms with Crippen LogP contribution in [0.3, 0.4) is 0 Å². The van der Waals surface area contributed by atoms with Gasteiger partial charge in [-0.25, -0.2) is 4.39 Å². The van der Waals surface area contributed by atoms with E-state index in [1.54, 1.807) is 36.4 Å². The molecular weight excluding hydrogens is 525 g/mol. The first kappa shape index (κ1) is 27.1. The Hall–Kier alpha value is -4.08. The molecule has 1 unspecified atom stereocenters. The number of hydrogen-bond donors (Lipinski definition) is 0. The Kier molecular flexibility index (Phi) is 7.80. The van der Waals surface area contributed by atoms with Gasteiger partial charge in [-0.15, -0.1) is 0 Å². The first-order valence-electron chi connectivity index (χ1n) is 13.9. The number of benzene rings is 3. The average Bonchev–Trinajstić information content (AvgIpc) is 3.39. The SMILES string of the molecule is Cc1c(C(=O)CCC2COCCO2)ccc2nn(CC3CN(C(=O)c4ccc(Oc5ccc(F)cc5)cc4)C3)cc12. The van der Waals surface area contributed by atoms with E-state index in [-0.39, 0.29) is 23.6 Å². The Bertz CT molecular complexity index is 1540. The van der Waals surface area contributed by atoms with E-state index >= 15 is 0 Å². The molecule has 1 aromatic heterocycles. The number of ether oxygens (including phenoxy) is 3. The standard InChI is InChI=1S/C32H32FN3O5/c1-21-28(31(37)13-10-27-20-39-14-15-40-27)11-12-30-29(21)19-36(34-30)18-22-16-35(17-22)32(38)23-2-6-25(7-3-23)41-26-8-4-24(33)5-9-26/h2-9,11-12,19,22,27H,10,13-18,20H2,1H3. The van der Waals surface area contributed by atoms with Crippen LogP contribution in [-0.4, -0.2) is 65.4 Å². The smallest absolute Gasteiger partial charge is 0.253 e. The lowest BCUT2D eigenvalue weighted by atomic mass is 9.97. The zero-order valence-electron chi connectivity index (χ0n) is 22.9. The van der Waals surface area contributed by atoms with E-state index < -0.39 is 0 Å². The molecular formula is C32H32FN3O5. The average molecular weight is 558 g/mol. The summed E-state index contributed by atoms with van der Waals surface area (Å²) in [6.45, 7) is 5.72. The zero-order valence-corrected chi connectivity index (χ0v) is 22.9. The molecule has 0 spiro atoms. The molecule has 1 amide bonds. The van der Waals surface area contributed by atoms with Gasteiger partial charge in [0.15, 0.2) is 5.78 Å². The van der Waals surface area contributed by atoms with Gasteiger partial charge in [-0.3, -0.25) is 14.3 Å². The second-order valence-electron chi connectivity index (χ2n) is 10.7. The van der Waals surface area contributed by atoms with Crippen molar-refractivity contribution >= 4 is 22.6 Å². The zero-order chi connectivity index (χ0) is 28.3. The largest absolute Gasteiger partial charge is 0.457 e. The van der Waals surface area contributed by atoms with Crippen molar-refractivity contribution in [2.75, 3.05) is 32.9 Å². The van der Waals surface area contributed by atoms with Crippen LogP contribution in [0.25, 0.3) is 10.9 Å². The number of Topliss-reactive ketones (excluding diaryl/α,β-unsaturated/α-hetero) is 1. The van der Waals surface area contributed by atoms with Crippen molar-refractivity contribution in [1.29, 1.82) is 0 Å². The second kappa shape index (κ2) is 11.8. The van der Waals surface area contributed by atoms with E-state index in [9.17, 15) is 14.0 Å². The molecule has 2 fully saturated rings. The monoisotopic (exact) mass is 557 g/mol. The normalized spacial score (nSPS) is 17.4. The van der Waals surface area contributed by atoms with Crippen molar-refractivity contribution in [2.45, 2.75) is 32.4 Å². The summed E-state index contributed by atoms with van der Waals surface area (Å²) in [4.78, 5) is 27.7. The summed E-state index contributed by atoms with van der Waals surface area (Å²) in [6, 6.07) is 16.5. The first-order chi connectivity index (χ1) is 19.9. The molecule has 2 saturated heterocycles. The first-order valence-corrected chi connectivity index (χ1v) is 13.9. The molecule has 0 N–H and O–H groups in total. The van der Waals surface area contributed by atoms with Crippen molar-refractivity contribution in [1.82, 2.24) is 14.7 Å². The number of rotatable bonds is 9. The third-order valence-electron chi connectivity index (χ3n) is 7.73. The second-order valence-corrected chi connectivity index (χ2v) is 10.7. The minimum absolute atomic E-state index is 0.0189. The number of amides is 1. The Balaban J connectivity index is 1.02. The highest BCUT2D eigenvalue weighted by Crippen LogP contribution is 2.27. The fourth-order valence-corrected chi connectivity index (χ4v) is 5.41. The highest BCUT2D eigenvalue weighted by Gasteiger charge is 2.31. The predicted octanol–water partition coefficient (Wildman–Crippen LogP) is 5.43. The fourth-order valence-electron chi connectivity index (χ4n) is 5.41. The number of aromatic nitrogens is 2. The van der Waals surface area contributed by atoms with Crippen molar-refractivity contribution in [3.05, 3.63) is 89.4 Å². The van der Waals surface area contributed by atoms with Crippen LogP contribution in [0.2, 0.25) is 0 Å². The van der Waals surface area contributed by atoms with E-state index in [0.29, 0.717) is 75.3 Å². The number of likely N-dealkylation sites (tertiary alicyclic amines) is 1. The molecule has 9 heteroatoms. The third-order valence-corrected chi connectivity index (χ3v) is 7.73. The quantitative estimate of drug-likeness (QED) is 0.256. The molecule has 3 heterocycles. The van der Waals surface area contributed by atoms with Crippen molar-refractivity contribution < 1.29 is 28.2 Å². The maximum atomic E-state index is 13.1. The highest BCUT2D eigenvalue weighted by molar-refractivity contribution is 6.01. The number of ketones is 1. The number of nitrogens with zero attached hydrogens (tertiary/aromatic N) is 3. The van der Waals surface area contributed by atoms with Gasteiger partial charge in [0.25, 0.3) is 5.91 Å². The van der Waals surface area contributed by atoms with Gasteiger partial charge >= 0.3 is 0 Å². The number of carbonyl (C=O) groups is 2. The third kappa shape index (κ3) is 6.16. The van der Waals surface area contributed by atoms with Gasteiger partial charge in [0.05, 0.1) is 31.4 Å². The van der Waals surface area contributed by atoms with E-state index in [4.69, 9.17) is 19.3 Å². The molecule has 3 aromatic carbocycles.